The molecule has 3 saturated heterocycles. The van der Waals surface area contributed by atoms with Crippen LogP contribution >= 0.6 is 24.0 Å². The van der Waals surface area contributed by atoms with Gasteiger partial charge in [-0.05, 0) is 50.5 Å². The molecule has 3 aliphatic heterocycles. The predicted octanol–water partition coefficient (Wildman–Crippen LogP) is 2.90. The van der Waals surface area contributed by atoms with E-state index in [4.69, 9.17) is 14.5 Å². The van der Waals surface area contributed by atoms with Gasteiger partial charge in [-0.15, -0.1) is 24.0 Å². The molecule has 1 aromatic rings. The molecule has 3 fully saturated rings. The zero-order valence-electron chi connectivity index (χ0n) is 19.7. The minimum Gasteiger partial charge on any atom is -0.497 e. The first kappa shape index (κ1) is 25.4. The van der Waals surface area contributed by atoms with Gasteiger partial charge in [0.2, 0.25) is 0 Å². The first-order chi connectivity index (χ1) is 15.2. The first-order valence-corrected chi connectivity index (χ1v) is 11.9. The minimum atomic E-state index is 0. The number of methoxy groups -OCH3 is 1. The number of piperazine rings is 1. The van der Waals surface area contributed by atoms with E-state index in [1.807, 2.05) is 12.1 Å². The molecule has 3 aliphatic rings. The Hall–Kier alpha value is -1.26. The molecule has 1 aromatic carbocycles. The molecule has 1 N–H and O–H groups in total. The third-order valence-corrected chi connectivity index (χ3v) is 6.96. The normalized spacial score (nSPS) is 24.1. The Balaban J connectivity index is 0.00000289. The van der Waals surface area contributed by atoms with Gasteiger partial charge in [0.05, 0.1) is 13.7 Å². The van der Waals surface area contributed by atoms with Crippen molar-refractivity contribution < 1.29 is 9.47 Å². The number of benzene rings is 1. The largest absolute Gasteiger partial charge is 0.497 e. The van der Waals surface area contributed by atoms with Gasteiger partial charge in [-0.2, -0.15) is 0 Å². The van der Waals surface area contributed by atoms with E-state index in [1.165, 1.54) is 18.5 Å². The van der Waals surface area contributed by atoms with E-state index in [0.29, 0.717) is 5.41 Å². The molecule has 0 radical (unpaired) electrons. The fourth-order valence-electron chi connectivity index (χ4n) is 5.02. The van der Waals surface area contributed by atoms with Gasteiger partial charge >= 0.3 is 0 Å². The highest BCUT2D eigenvalue weighted by Crippen LogP contribution is 2.38. The highest BCUT2D eigenvalue weighted by Gasteiger charge is 2.42. The van der Waals surface area contributed by atoms with Crippen molar-refractivity contribution in [1.29, 1.82) is 0 Å². The van der Waals surface area contributed by atoms with Crippen LogP contribution in [-0.4, -0.2) is 95.0 Å². The molecule has 0 saturated carbocycles. The van der Waals surface area contributed by atoms with Crippen LogP contribution in [0.25, 0.3) is 0 Å². The van der Waals surface area contributed by atoms with Crippen molar-refractivity contribution in [2.24, 2.45) is 10.4 Å². The molecule has 3 heterocycles. The first-order valence-electron chi connectivity index (χ1n) is 11.9. The second-order valence-electron chi connectivity index (χ2n) is 9.09. The molecule has 0 aliphatic carbocycles. The monoisotopic (exact) mass is 557 g/mol. The summed E-state index contributed by atoms with van der Waals surface area (Å²) in [6, 6.07) is 8.41. The maximum Gasteiger partial charge on any atom is 0.193 e. The second-order valence-corrected chi connectivity index (χ2v) is 9.09. The predicted molar refractivity (Wildman–Crippen MR) is 142 cm³/mol. The Labute approximate surface area is 210 Å². The molecule has 1 spiro atoms. The van der Waals surface area contributed by atoms with Gasteiger partial charge in [0.25, 0.3) is 0 Å². The fraction of sp³-hybridized carbons (Fsp3) is 0.708. The van der Waals surface area contributed by atoms with Crippen molar-refractivity contribution in [2.75, 3.05) is 84.1 Å². The average molecular weight is 558 g/mol. The van der Waals surface area contributed by atoms with E-state index in [1.54, 1.807) is 7.11 Å². The summed E-state index contributed by atoms with van der Waals surface area (Å²) in [5, 5.41) is 3.51. The number of nitrogens with one attached hydrogen (secondary N) is 1. The van der Waals surface area contributed by atoms with E-state index >= 15 is 0 Å². The molecule has 1 atom stereocenters. The number of hydrogen-bond donors (Lipinski definition) is 1. The van der Waals surface area contributed by atoms with Crippen molar-refractivity contribution in [1.82, 2.24) is 15.1 Å². The smallest absolute Gasteiger partial charge is 0.193 e. The topological polar surface area (TPSA) is 52.6 Å². The van der Waals surface area contributed by atoms with Crippen LogP contribution in [0.2, 0.25) is 0 Å². The third-order valence-electron chi connectivity index (χ3n) is 6.96. The number of hydrogen-bond acceptors (Lipinski definition) is 5. The van der Waals surface area contributed by atoms with Gasteiger partial charge in [0.15, 0.2) is 5.96 Å². The van der Waals surface area contributed by atoms with Gasteiger partial charge < -0.3 is 24.6 Å². The van der Waals surface area contributed by atoms with E-state index in [9.17, 15) is 0 Å². The number of anilines is 1. The van der Waals surface area contributed by atoms with Crippen LogP contribution in [0.4, 0.5) is 5.69 Å². The third kappa shape index (κ3) is 6.41. The number of ether oxygens (including phenoxy) is 2. The van der Waals surface area contributed by atoms with Gasteiger partial charge in [-0.3, -0.25) is 9.89 Å². The summed E-state index contributed by atoms with van der Waals surface area (Å²) < 4.78 is 10.9. The molecule has 180 valence electrons. The van der Waals surface area contributed by atoms with E-state index < -0.39 is 0 Å². The Kier molecular flexibility index (Phi) is 9.73. The van der Waals surface area contributed by atoms with Crippen molar-refractivity contribution >= 4 is 35.6 Å². The summed E-state index contributed by atoms with van der Waals surface area (Å²) in [6.07, 6.45) is 3.54. The van der Waals surface area contributed by atoms with Crippen LogP contribution in [-0.2, 0) is 4.74 Å². The van der Waals surface area contributed by atoms with Gasteiger partial charge in [-0.25, -0.2) is 0 Å². The highest BCUT2D eigenvalue weighted by molar-refractivity contribution is 14.0. The maximum atomic E-state index is 5.68. The number of likely N-dealkylation sites (tertiary alicyclic amines) is 1. The van der Waals surface area contributed by atoms with E-state index in [2.05, 4.69) is 39.1 Å². The second kappa shape index (κ2) is 12.3. The number of aliphatic imine (C=N–C) groups is 1. The van der Waals surface area contributed by atoms with Crippen LogP contribution in [0.5, 0.6) is 5.75 Å². The lowest BCUT2D eigenvalue weighted by atomic mass is 9.87. The van der Waals surface area contributed by atoms with E-state index in [-0.39, 0.29) is 24.0 Å². The maximum absolute atomic E-state index is 5.68. The number of halogens is 1. The molecular formula is C24H40IN5O2. The standard InChI is InChI=1S/C24H39N5O2.HI/c1-3-25-23(29-13-9-24(19-29)10-18-31-20-24)26-11-4-12-27-14-16-28(17-15-27)21-5-7-22(30-2)8-6-21;/h5-8H,3-4,9-20H2,1-2H3,(H,25,26);1H. The average Bonchev–Trinajstić information content (AvgIpc) is 3.46. The summed E-state index contributed by atoms with van der Waals surface area (Å²) in [6.45, 7) is 13.5. The molecule has 32 heavy (non-hydrogen) atoms. The van der Waals surface area contributed by atoms with Crippen molar-refractivity contribution in [3.8, 4) is 5.75 Å². The summed E-state index contributed by atoms with van der Waals surface area (Å²) in [4.78, 5) is 12.4. The lowest BCUT2D eigenvalue weighted by Gasteiger charge is -2.36. The lowest BCUT2D eigenvalue weighted by Crippen LogP contribution is -2.46. The SMILES string of the molecule is CCNC(=NCCCN1CCN(c2ccc(OC)cc2)CC1)N1CCC2(CCOC2)C1.I. The van der Waals surface area contributed by atoms with Crippen molar-refractivity contribution in [3.05, 3.63) is 24.3 Å². The molecule has 1 unspecified atom stereocenters. The fourth-order valence-corrected chi connectivity index (χ4v) is 5.02. The summed E-state index contributed by atoms with van der Waals surface area (Å²) in [5.41, 5.74) is 1.66. The number of rotatable bonds is 7. The lowest BCUT2D eigenvalue weighted by molar-refractivity contribution is 0.156. The molecule has 0 aromatic heterocycles. The Morgan fingerprint density at radius 1 is 1.12 bits per heavy atom. The molecular weight excluding hydrogens is 517 g/mol. The summed E-state index contributed by atoms with van der Waals surface area (Å²) in [5.74, 6) is 2.01. The van der Waals surface area contributed by atoms with Crippen LogP contribution < -0.4 is 15.0 Å². The zero-order valence-corrected chi connectivity index (χ0v) is 22.1. The van der Waals surface area contributed by atoms with Crippen LogP contribution in [0.1, 0.15) is 26.2 Å². The molecule has 7 nitrogen and oxygen atoms in total. The summed E-state index contributed by atoms with van der Waals surface area (Å²) in [7, 11) is 1.71. The van der Waals surface area contributed by atoms with Gasteiger partial charge in [0.1, 0.15) is 5.75 Å². The van der Waals surface area contributed by atoms with Gasteiger partial charge in [0, 0.05) is 76.6 Å². The van der Waals surface area contributed by atoms with E-state index in [0.717, 1.165) is 90.2 Å². The molecule has 4 rings (SSSR count). The van der Waals surface area contributed by atoms with Gasteiger partial charge in [-0.1, -0.05) is 0 Å². The Bertz CT molecular complexity index is 716. The van der Waals surface area contributed by atoms with Crippen molar-refractivity contribution in [3.63, 3.8) is 0 Å². The van der Waals surface area contributed by atoms with Crippen molar-refractivity contribution in [2.45, 2.75) is 26.2 Å². The molecule has 0 amide bonds. The quantitative estimate of drug-likeness (QED) is 0.241. The Morgan fingerprint density at radius 3 is 2.56 bits per heavy atom. The highest BCUT2D eigenvalue weighted by atomic mass is 127. The molecule has 8 heteroatoms. The number of nitrogens with zero attached hydrogens (tertiary/aromatic N) is 4. The summed E-state index contributed by atoms with van der Waals surface area (Å²) >= 11 is 0. The number of guanidine groups is 1. The van der Waals surface area contributed by atoms with Crippen LogP contribution in [0, 0.1) is 5.41 Å². The van der Waals surface area contributed by atoms with Crippen LogP contribution in [0.3, 0.4) is 0 Å². The molecule has 0 bridgehead atoms. The zero-order chi connectivity index (χ0) is 21.5. The minimum absolute atomic E-state index is 0. The van der Waals surface area contributed by atoms with Crippen LogP contribution in [0.15, 0.2) is 29.3 Å². The Morgan fingerprint density at radius 2 is 1.91 bits per heavy atom.